The van der Waals surface area contributed by atoms with Gasteiger partial charge in [-0.1, -0.05) is 41.4 Å². The lowest BCUT2D eigenvalue weighted by Gasteiger charge is -2.31. The Morgan fingerprint density at radius 1 is 1.08 bits per heavy atom. The fourth-order valence-electron chi connectivity index (χ4n) is 2.68. The maximum absolute atomic E-state index is 12.8. The molecule has 1 amide bonds. The Bertz CT molecular complexity index is 886. The lowest BCUT2D eigenvalue weighted by atomic mass is 10.2. The van der Waals surface area contributed by atoms with Gasteiger partial charge in [-0.25, -0.2) is 8.42 Å². The molecule has 2 aromatic rings. The number of anilines is 1. The zero-order valence-corrected chi connectivity index (χ0v) is 17.0. The molecule has 0 aliphatic rings. The van der Waals surface area contributed by atoms with Gasteiger partial charge in [0.2, 0.25) is 15.9 Å². The van der Waals surface area contributed by atoms with Crippen LogP contribution >= 0.6 is 23.2 Å². The molecule has 5 nitrogen and oxygen atoms in total. The Labute approximate surface area is 164 Å². The molecule has 0 heterocycles. The molecule has 0 spiro atoms. The molecule has 0 N–H and O–H groups in total. The number of benzene rings is 2. The molecule has 0 aromatic heterocycles. The number of likely N-dealkylation sites (N-methyl/N-ethyl adjacent to an activating group) is 1. The monoisotopic (exact) mass is 414 g/mol. The minimum atomic E-state index is -3.68. The molecular weight excluding hydrogens is 395 g/mol. The molecule has 0 radical (unpaired) electrons. The van der Waals surface area contributed by atoms with E-state index in [-0.39, 0.29) is 5.91 Å². The van der Waals surface area contributed by atoms with E-state index in [0.29, 0.717) is 22.3 Å². The normalized spacial score (nSPS) is 12.5. The van der Waals surface area contributed by atoms with Crippen LogP contribution in [0.1, 0.15) is 12.5 Å². The van der Waals surface area contributed by atoms with E-state index in [2.05, 4.69) is 0 Å². The van der Waals surface area contributed by atoms with E-state index in [1.165, 1.54) is 11.0 Å². The summed E-state index contributed by atoms with van der Waals surface area (Å²) < 4.78 is 25.7. The smallest absolute Gasteiger partial charge is 0.246 e. The molecule has 0 unspecified atom stereocenters. The minimum absolute atomic E-state index is 0.328. The van der Waals surface area contributed by atoms with Crippen LogP contribution in [-0.4, -0.2) is 38.6 Å². The second-order valence-corrected chi connectivity index (χ2v) is 8.77. The van der Waals surface area contributed by atoms with Gasteiger partial charge < -0.3 is 4.90 Å². The molecule has 0 aliphatic carbocycles. The topological polar surface area (TPSA) is 57.7 Å². The van der Waals surface area contributed by atoms with E-state index in [9.17, 15) is 13.2 Å². The van der Waals surface area contributed by atoms with Crippen molar-refractivity contribution in [3.05, 3.63) is 64.1 Å². The van der Waals surface area contributed by atoms with Crippen molar-refractivity contribution >= 4 is 44.8 Å². The summed E-state index contributed by atoms with van der Waals surface area (Å²) in [6.45, 7) is 1.90. The van der Waals surface area contributed by atoms with Gasteiger partial charge in [0, 0.05) is 23.6 Å². The van der Waals surface area contributed by atoms with Crippen molar-refractivity contribution in [2.24, 2.45) is 0 Å². The van der Waals surface area contributed by atoms with Crippen molar-refractivity contribution in [3.8, 4) is 0 Å². The second kappa shape index (κ2) is 8.29. The molecule has 8 heteroatoms. The zero-order chi connectivity index (χ0) is 19.5. The lowest BCUT2D eigenvalue weighted by Crippen LogP contribution is -2.48. The van der Waals surface area contributed by atoms with Gasteiger partial charge in [-0.05, 0) is 42.8 Å². The van der Waals surface area contributed by atoms with Crippen LogP contribution in [0.2, 0.25) is 10.0 Å². The molecule has 0 aliphatic heterocycles. The molecule has 140 valence electrons. The summed E-state index contributed by atoms with van der Waals surface area (Å²) in [4.78, 5) is 14.3. The highest BCUT2D eigenvalue weighted by atomic mass is 35.5. The van der Waals surface area contributed by atoms with Gasteiger partial charge >= 0.3 is 0 Å². The van der Waals surface area contributed by atoms with E-state index in [1.807, 2.05) is 12.1 Å². The van der Waals surface area contributed by atoms with Gasteiger partial charge in [-0.2, -0.15) is 0 Å². The standard InChI is InChI=1S/C18H20Cl2N2O3S/c1-13(18(23)21(2)12-14-7-9-15(19)10-8-14)22(26(3,24)25)17-6-4-5-16(20)11-17/h4-11,13H,12H2,1-3H3/t13-/m0/s1. The highest BCUT2D eigenvalue weighted by Crippen LogP contribution is 2.25. The van der Waals surface area contributed by atoms with Crippen molar-refractivity contribution < 1.29 is 13.2 Å². The Morgan fingerprint density at radius 2 is 1.69 bits per heavy atom. The summed E-state index contributed by atoms with van der Waals surface area (Å²) >= 11 is 11.8. The number of carbonyl (C=O) groups excluding carboxylic acids is 1. The van der Waals surface area contributed by atoms with Crippen molar-refractivity contribution in [2.75, 3.05) is 17.6 Å². The van der Waals surface area contributed by atoms with Crippen LogP contribution in [0.25, 0.3) is 0 Å². The summed E-state index contributed by atoms with van der Waals surface area (Å²) in [5.41, 5.74) is 1.24. The largest absolute Gasteiger partial charge is 0.340 e. The SMILES string of the molecule is C[C@@H](C(=O)N(C)Cc1ccc(Cl)cc1)N(c1cccc(Cl)c1)S(C)(=O)=O. The molecule has 0 fully saturated rings. The van der Waals surface area contributed by atoms with Crippen LogP contribution in [-0.2, 0) is 21.4 Å². The Hall–Kier alpha value is -1.76. The van der Waals surface area contributed by atoms with Gasteiger partial charge in [0.15, 0.2) is 0 Å². The maximum Gasteiger partial charge on any atom is 0.246 e. The molecule has 2 rings (SSSR count). The lowest BCUT2D eigenvalue weighted by molar-refractivity contribution is -0.131. The highest BCUT2D eigenvalue weighted by Gasteiger charge is 2.31. The Kier molecular flexibility index (Phi) is 6.55. The van der Waals surface area contributed by atoms with Gasteiger partial charge in [0.1, 0.15) is 6.04 Å². The first kappa shape index (κ1) is 20.6. The number of nitrogens with zero attached hydrogens (tertiary/aromatic N) is 2. The fourth-order valence-corrected chi connectivity index (χ4v) is 4.15. The van der Waals surface area contributed by atoms with Crippen LogP contribution in [0.3, 0.4) is 0 Å². The highest BCUT2D eigenvalue weighted by molar-refractivity contribution is 7.92. The van der Waals surface area contributed by atoms with Crippen molar-refractivity contribution in [2.45, 2.75) is 19.5 Å². The van der Waals surface area contributed by atoms with Gasteiger partial charge in [-0.15, -0.1) is 0 Å². The molecule has 0 saturated carbocycles. The average Bonchev–Trinajstić information content (AvgIpc) is 2.55. The quantitative estimate of drug-likeness (QED) is 0.721. The van der Waals surface area contributed by atoms with Gasteiger partial charge in [0.25, 0.3) is 0 Å². The maximum atomic E-state index is 12.8. The van der Waals surface area contributed by atoms with Crippen LogP contribution in [0.15, 0.2) is 48.5 Å². The van der Waals surface area contributed by atoms with Crippen LogP contribution in [0, 0.1) is 0 Å². The third-order valence-electron chi connectivity index (χ3n) is 3.84. The minimum Gasteiger partial charge on any atom is -0.340 e. The number of carbonyl (C=O) groups is 1. The van der Waals surface area contributed by atoms with E-state index in [4.69, 9.17) is 23.2 Å². The number of amides is 1. The first-order valence-electron chi connectivity index (χ1n) is 7.84. The van der Waals surface area contributed by atoms with Gasteiger partial charge in [0.05, 0.1) is 11.9 Å². The Morgan fingerprint density at radius 3 is 2.23 bits per heavy atom. The van der Waals surface area contributed by atoms with Crippen LogP contribution in [0.5, 0.6) is 0 Å². The summed E-state index contributed by atoms with van der Waals surface area (Å²) in [6, 6.07) is 12.6. The number of hydrogen-bond donors (Lipinski definition) is 0. The first-order chi connectivity index (χ1) is 12.1. The molecule has 1 atom stereocenters. The van der Waals surface area contributed by atoms with E-state index in [0.717, 1.165) is 16.1 Å². The number of halogens is 2. The summed E-state index contributed by atoms with van der Waals surface area (Å²) in [5.74, 6) is -0.328. The van der Waals surface area contributed by atoms with Crippen molar-refractivity contribution in [1.82, 2.24) is 4.90 Å². The van der Waals surface area contributed by atoms with Crippen molar-refractivity contribution in [1.29, 1.82) is 0 Å². The summed E-state index contributed by atoms with van der Waals surface area (Å²) in [6.07, 6.45) is 1.07. The second-order valence-electron chi connectivity index (χ2n) is 6.04. The number of hydrogen-bond acceptors (Lipinski definition) is 3. The molecular formula is C18H20Cl2N2O3S. The van der Waals surface area contributed by atoms with E-state index in [1.54, 1.807) is 44.3 Å². The third-order valence-corrected chi connectivity index (χ3v) is 5.57. The fraction of sp³-hybridized carbons (Fsp3) is 0.278. The molecule has 0 bridgehead atoms. The third kappa shape index (κ3) is 5.13. The van der Waals surface area contributed by atoms with Crippen LogP contribution < -0.4 is 4.31 Å². The molecule has 2 aromatic carbocycles. The number of sulfonamides is 1. The molecule has 0 saturated heterocycles. The predicted molar refractivity (Wildman–Crippen MR) is 106 cm³/mol. The average molecular weight is 415 g/mol. The summed E-state index contributed by atoms with van der Waals surface area (Å²) in [5, 5.41) is 1.01. The number of rotatable bonds is 6. The summed E-state index contributed by atoms with van der Waals surface area (Å²) in [7, 11) is -2.05. The van der Waals surface area contributed by atoms with Crippen molar-refractivity contribution in [3.63, 3.8) is 0 Å². The predicted octanol–water partition coefficient (Wildman–Crippen LogP) is 3.81. The first-order valence-corrected chi connectivity index (χ1v) is 10.4. The van der Waals surface area contributed by atoms with E-state index >= 15 is 0 Å². The molecule has 26 heavy (non-hydrogen) atoms. The zero-order valence-electron chi connectivity index (χ0n) is 14.7. The van der Waals surface area contributed by atoms with Crippen LogP contribution in [0.4, 0.5) is 5.69 Å². The Balaban J connectivity index is 2.25. The van der Waals surface area contributed by atoms with E-state index < -0.39 is 16.1 Å². The van der Waals surface area contributed by atoms with Gasteiger partial charge in [-0.3, -0.25) is 9.10 Å².